The molecule has 0 fully saturated rings. The van der Waals surface area contributed by atoms with Crippen LogP contribution in [0.5, 0.6) is 11.5 Å². The van der Waals surface area contributed by atoms with E-state index in [0.29, 0.717) is 22.9 Å². The fourth-order valence-electron chi connectivity index (χ4n) is 2.39. The largest absolute Gasteiger partial charge is 0.493 e. The van der Waals surface area contributed by atoms with Crippen LogP contribution in [-0.4, -0.2) is 46.0 Å². The molecule has 0 radical (unpaired) electrons. The molecule has 0 atom stereocenters. The number of hydrogen-bond acceptors (Lipinski definition) is 7. The monoisotopic (exact) mass is 390 g/mol. The summed E-state index contributed by atoms with van der Waals surface area (Å²) in [6.07, 6.45) is 1.97. The van der Waals surface area contributed by atoms with Crippen molar-refractivity contribution in [2.24, 2.45) is 0 Å². The maximum atomic E-state index is 12.3. The first-order valence-electron chi connectivity index (χ1n) is 8.04. The van der Waals surface area contributed by atoms with Crippen molar-refractivity contribution in [1.82, 2.24) is 0 Å². The molecule has 0 aromatic heterocycles. The zero-order valence-corrected chi connectivity index (χ0v) is 16.4. The highest BCUT2D eigenvalue weighted by molar-refractivity contribution is 7.98. The molecule has 0 aliphatic heterocycles. The zero-order chi connectivity index (χ0) is 19.8. The summed E-state index contributed by atoms with van der Waals surface area (Å²) < 4.78 is 15.3. The molecule has 0 bridgehead atoms. The first-order valence-corrected chi connectivity index (χ1v) is 9.27. The number of benzene rings is 2. The van der Waals surface area contributed by atoms with Gasteiger partial charge in [-0.05, 0) is 24.5 Å². The van der Waals surface area contributed by atoms with Gasteiger partial charge in [-0.3, -0.25) is 4.79 Å². The summed E-state index contributed by atoms with van der Waals surface area (Å²) in [4.78, 5) is 25.4. The molecule has 1 amide bonds. The van der Waals surface area contributed by atoms with Crippen molar-refractivity contribution in [2.45, 2.75) is 4.90 Å². The third-order valence-corrected chi connectivity index (χ3v) is 4.45. The number of amides is 1. The molecule has 8 heteroatoms. The molecule has 144 valence electrons. The van der Waals surface area contributed by atoms with Crippen molar-refractivity contribution in [1.29, 1.82) is 0 Å². The first kappa shape index (κ1) is 20.4. The highest BCUT2D eigenvalue weighted by Gasteiger charge is 2.18. The molecule has 7 nitrogen and oxygen atoms in total. The Kier molecular flexibility index (Phi) is 7.36. The van der Waals surface area contributed by atoms with Gasteiger partial charge in [0.05, 0.1) is 39.1 Å². The summed E-state index contributed by atoms with van der Waals surface area (Å²) in [6, 6.07) is 10.6. The Morgan fingerprint density at radius 3 is 2.37 bits per heavy atom. The molecule has 0 heterocycles. The minimum absolute atomic E-state index is 0.0387. The topological polar surface area (TPSA) is 85.9 Å². The average Bonchev–Trinajstić information content (AvgIpc) is 2.70. The number of nitrogens with one attached hydrogen (secondary N) is 2. The molecule has 2 aromatic carbocycles. The second-order valence-electron chi connectivity index (χ2n) is 5.38. The van der Waals surface area contributed by atoms with Gasteiger partial charge < -0.3 is 24.8 Å². The Bertz CT molecular complexity index is 826. The van der Waals surface area contributed by atoms with Gasteiger partial charge in [0.2, 0.25) is 5.91 Å². The van der Waals surface area contributed by atoms with Crippen molar-refractivity contribution < 1.29 is 23.8 Å². The average molecular weight is 390 g/mol. The van der Waals surface area contributed by atoms with Crippen molar-refractivity contribution in [3.05, 3.63) is 42.0 Å². The number of thioether (sulfide) groups is 1. The molecule has 27 heavy (non-hydrogen) atoms. The van der Waals surface area contributed by atoms with E-state index in [1.54, 1.807) is 17.8 Å². The molecule has 2 N–H and O–H groups in total. The Labute approximate surface area is 162 Å². The van der Waals surface area contributed by atoms with E-state index in [9.17, 15) is 9.59 Å². The van der Waals surface area contributed by atoms with Gasteiger partial charge in [0, 0.05) is 22.7 Å². The first-order chi connectivity index (χ1) is 13.0. The highest BCUT2D eigenvalue weighted by atomic mass is 32.2. The number of carbonyl (C=O) groups is 2. The van der Waals surface area contributed by atoms with Crippen molar-refractivity contribution in [3.8, 4) is 11.5 Å². The van der Waals surface area contributed by atoms with E-state index in [-0.39, 0.29) is 18.0 Å². The molecule has 0 unspecified atom stereocenters. The second kappa shape index (κ2) is 9.72. The molecular formula is C19H22N2O5S. The van der Waals surface area contributed by atoms with E-state index in [0.717, 1.165) is 4.90 Å². The van der Waals surface area contributed by atoms with Gasteiger partial charge in [-0.15, -0.1) is 11.8 Å². The van der Waals surface area contributed by atoms with E-state index in [1.807, 2.05) is 30.5 Å². The molecule has 2 rings (SSSR count). The summed E-state index contributed by atoms with van der Waals surface area (Å²) in [5, 5.41) is 5.76. The minimum Gasteiger partial charge on any atom is -0.493 e. The Morgan fingerprint density at radius 2 is 1.74 bits per heavy atom. The summed E-state index contributed by atoms with van der Waals surface area (Å²) in [6.45, 7) is -0.0387. The van der Waals surface area contributed by atoms with Crippen LogP contribution >= 0.6 is 11.8 Å². The summed E-state index contributed by atoms with van der Waals surface area (Å²) >= 11 is 1.59. The second-order valence-corrected chi connectivity index (χ2v) is 6.26. The molecule has 0 saturated heterocycles. The summed E-state index contributed by atoms with van der Waals surface area (Å²) in [5.41, 5.74) is 1.36. The van der Waals surface area contributed by atoms with Crippen LogP contribution in [0.15, 0.2) is 41.3 Å². The standard InChI is InChI=1S/C19H22N2O5S/c1-24-16-9-14(19(23)26-3)15(10-17(16)25-2)20-11-18(22)21-12-6-5-7-13(8-12)27-4/h5-10,20H,11H2,1-4H3,(H,21,22). The quantitative estimate of drug-likeness (QED) is 0.528. The van der Waals surface area contributed by atoms with Crippen LogP contribution in [0.3, 0.4) is 0 Å². The van der Waals surface area contributed by atoms with Crippen LogP contribution in [-0.2, 0) is 9.53 Å². The van der Waals surface area contributed by atoms with Crippen LogP contribution in [0.4, 0.5) is 11.4 Å². The minimum atomic E-state index is -0.550. The number of rotatable bonds is 8. The van der Waals surface area contributed by atoms with Gasteiger partial charge in [-0.1, -0.05) is 6.07 Å². The zero-order valence-electron chi connectivity index (χ0n) is 15.6. The molecular weight excluding hydrogens is 368 g/mol. The van der Waals surface area contributed by atoms with Crippen LogP contribution in [0.25, 0.3) is 0 Å². The number of ether oxygens (including phenoxy) is 3. The third kappa shape index (κ3) is 5.30. The number of hydrogen-bond donors (Lipinski definition) is 2. The SMILES string of the molecule is COC(=O)c1cc(OC)c(OC)cc1NCC(=O)Nc1cccc(SC)c1. The number of anilines is 2. The molecule has 0 aliphatic carbocycles. The lowest BCUT2D eigenvalue weighted by atomic mass is 10.1. The fraction of sp³-hybridized carbons (Fsp3) is 0.263. The van der Waals surface area contributed by atoms with E-state index >= 15 is 0 Å². The van der Waals surface area contributed by atoms with Crippen molar-refractivity contribution in [2.75, 3.05) is 44.8 Å². The smallest absolute Gasteiger partial charge is 0.340 e. The third-order valence-electron chi connectivity index (χ3n) is 3.72. The Morgan fingerprint density at radius 1 is 1.04 bits per heavy atom. The van der Waals surface area contributed by atoms with Gasteiger partial charge in [-0.25, -0.2) is 4.79 Å². The van der Waals surface area contributed by atoms with Crippen LogP contribution in [0, 0.1) is 0 Å². The van der Waals surface area contributed by atoms with E-state index < -0.39 is 5.97 Å². The lowest BCUT2D eigenvalue weighted by molar-refractivity contribution is -0.114. The number of carbonyl (C=O) groups excluding carboxylic acids is 2. The van der Waals surface area contributed by atoms with Gasteiger partial charge in [0.1, 0.15) is 0 Å². The maximum absolute atomic E-state index is 12.3. The van der Waals surface area contributed by atoms with E-state index in [2.05, 4.69) is 10.6 Å². The van der Waals surface area contributed by atoms with E-state index in [4.69, 9.17) is 14.2 Å². The molecule has 2 aromatic rings. The van der Waals surface area contributed by atoms with Crippen LogP contribution in [0.1, 0.15) is 10.4 Å². The normalized spacial score (nSPS) is 10.1. The Hall–Kier alpha value is -2.87. The lowest BCUT2D eigenvalue weighted by Crippen LogP contribution is -2.22. The van der Waals surface area contributed by atoms with Crippen molar-refractivity contribution >= 4 is 35.0 Å². The Balaban J connectivity index is 2.15. The van der Waals surface area contributed by atoms with Gasteiger partial charge in [0.25, 0.3) is 0 Å². The fourth-order valence-corrected chi connectivity index (χ4v) is 2.85. The van der Waals surface area contributed by atoms with Crippen LogP contribution in [0.2, 0.25) is 0 Å². The molecule has 0 saturated carbocycles. The molecule has 0 spiro atoms. The number of methoxy groups -OCH3 is 3. The van der Waals surface area contributed by atoms with Gasteiger partial charge in [0.15, 0.2) is 11.5 Å². The predicted molar refractivity (Wildman–Crippen MR) is 106 cm³/mol. The summed E-state index contributed by atoms with van der Waals surface area (Å²) in [5.74, 6) is 0.0212. The molecule has 0 aliphatic rings. The summed E-state index contributed by atoms with van der Waals surface area (Å²) in [7, 11) is 4.25. The van der Waals surface area contributed by atoms with Gasteiger partial charge >= 0.3 is 5.97 Å². The highest BCUT2D eigenvalue weighted by Crippen LogP contribution is 2.33. The number of esters is 1. The van der Waals surface area contributed by atoms with E-state index in [1.165, 1.54) is 27.4 Å². The van der Waals surface area contributed by atoms with Crippen molar-refractivity contribution in [3.63, 3.8) is 0 Å². The lowest BCUT2D eigenvalue weighted by Gasteiger charge is -2.15. The van der Waals surface area contributed by atoms with Crippen LogP contribution < -0.4 is 20.1 Å². The predicted octanol–water partition coefficient (Wildman–Crippen LogP) is 3.26. The maximum Gasteiger partial charge on any atom is 0.340 e. The van der Waals surface area contributed by atoms with Gasteiger partial charge in [-0.2, -0.15) is 0 Å².